The van der Waals surface area contributed by atoms with Crippen molar-refractivity contribution in [2.75, 3.05) is 4.90 Å². The molecule has 1 aliphatic rings. The number of nitrogens with zero attached hydrogens (tertiary/aromatic N) is 3. The smallest absolute Gasteiger partial charge is 0.174 e. The van der Waals surface area contributed by atoms with Crippen molar-refractivity contribution in [2.24, 2.45) is 0 Å². The second-order valence-corrected chi connectivity index (χ2v) is 9.09. The van der Waals surface area contributed by atoms with Gasteiger partial charge in [0.15, 0.2) is 5.11 Å². The number of nitrogens with one attached hydrogen (secondary N) is 1. The number of hydrogen-bond donors (Lipinski definition) is 2. The Bertz CT molecular complexity index is 1370. The third kappa shape index (κ3) is 3.81. The molecule has 0 aliphatic carbocycles. The summed E-state index contributed by atoms with van der Waals surface area (Å²) in [5, 5.41) is 15.1. The van der Waals surface area contributed by atoms with Crippen LogP contribution in [-0.2, 0) is 0 Å². The fraction of sp³-hybridized carbons (Fsp3) is 0.154. The van der Waals surface area contributed by atoms with Gasteiger partial charge in [-0.1, -0.05) is 17.7 Å². The highest BCUT2D eigenvalue weighted by Gasteiger charge is 2.43. The van der Waals surface area contributed by atoms with Crippen molar-refractivity contribution in [2.45, 2.75) is 25.9 Å². The fourth-order valence-electron chi connectivity index (χ4n) is 4.69. The molecule has 0 radical (unpaired) electrons. The second-order valence-electron chi connectivity index (χ2n) is 8.27. The average Bonchev–Trinajstić information content (AvgIpc) is 3.32. The molecule has 0 bridgehead atoms. The lowest BCUT2D eigenvalue weighted by Crippen LogP contribution is -2.29. The van der Waals surface area contributed by atoms with Gasteiger partial charge in [0.2, 0.25) is 0 Å². The van der Waals surface area contributed by atoms with Crippen molar-refractivity contribution >= 4 is 34.6 Å². The molecular weight excluding hydrogens is 471 g/mol. The summed E-state index contributed by atoms with van der Waals surface area (Å²) in [6.07, 6.45) is 1.75. The fourth-order valence-corrected chi connectivity index (χ4v) is 5.20. The van der Waals surface area contributed by atoms with Gasteiger partial charge in [-0.15, -0.1) is 0 Å². The zero-order chi connectivity index (χ0) is 24.0. The molecule has 1 fully saturated rings. The van der Waals surface area contributed by atoms with Crippen LogP contribution >= 0.6 is 23.8 Å². The topological polar surface area (TPSA) is 53.3 Å². The van der Waals surface area contributed by atoms with E-state index in [9.17, 15) is 9.50 Å². The van der Waals surface area contributed by atoms with E-state index in [1.165, 1.54) is 12.1 Å². The van der Waals surface area contributed by atoms with Crippen LogP contribution in [0.25, 0.3) is 5.69 Å². The van der Waals surface area contributed by atoms with Gasteiger partial charge in [-0.05, 0) is 92.3 Å². The van der Waals surface area contributed by atoms with E-state index >= 15 is 0 Å². The molecule has 0 unspecified atom stereocenters. The summed E-state index contributed by atoms with van der Waals surface area (Å²) in [5.74, 6) is -0.206. The van der Waals surface area contributed by atoms with Crippen LogP contribution in [0.15, 0.2) is 72.9 Å². The molecule has 0 amide bonds. The van der Waals surface area contributed by atoms with Crippen LogP contribution < -0.4 is 10.2 Å². The highest BCUT2D eigenvalue weighted by molar-refractivity contribution is 7.80. The molecule has 5 rings (SSSR count). The summed E-state index contributed by atoms with van der Waals surface area (Å²) in [5.41, 5.74) is 5.18. The number of pyridine rings is 1. The largest absolute Gasteiger partial charge is 0.506 e. The van der Waals surface area contributed by atoms with Crippen molar-refractivity contribution in [3.05, 3.63) is 106 Å². The highest BCUT2D eigenvalue weighted by atomic mass is 35.5. The SMILES string of the molecule is Cc1cc([C@H]2[C@H](c3ccccn3)NC(=S)N2c2cc(Cl)ccc2O)c(C)n1-c1ccc(F)cc1. The number of hydrogen-bond acceptors (Lipinski definition) is 3. The van der Waals surface area contributed by atoms with Gasteiger partial charge in [-0.25, -0.2) is 4.39 Å². The Hall–Kier alpha value is -3.42. The molecular formula is C26H22ClFN4OS. The number of aromatic hydroxyl groups is 1. The summed E-state index contributed by atoms with van der Waals surface area (Å²) < 4.78 is 15.7. The lowest BCUT2D eigenvalue weighted by molar-refractivity contribution is 0.472. The molecule has 5 nitrogen and oxygen atoms in total. The number of aromatic nitrogens is 2. The third-order valence-corrected chi connectivity index (χ3v) is 6.72. The van der Waals surface area contributed by atoms with Gasteiger partial charge in [-0.3, -0.25) is 4.98 Å². The van der Waals surface area contributed by atoms with Gasteiger partial charge >= 0.3 is 0 Å². The van der Waals surface area contributed by atoms with E-state index in [0.717, 1.165) is 28.3 Å². The number of benzene rings is 2. The molecule has 2 atom stereocenters. The van der Waals surface area contributed by atoms with E-state index in [2.05, 4.69) is 20.9 Å². The zero-order valence-corrected chi connectivity index (χ0v) is 20.1. The van der Waals surface area contributed by atoms with Crippen LogP contribution in [0.4, 0.5) is 10.1 Å². The first-order valence-corrected chi connectivity index (χ1v) is 11.6. The predicted octanol–water partition coefficient (Wildman–Crippen LogP) is 6.16. The molecule has 3 heterocycles. The maximum absolute atomic E-state index is 13.6. The first kappa shape index (κ1) is 22.4. The van der Waals surface area contributed by atoms with Gasteiger partial charge in [-0.2, -0.15) is 0 Å². The molecule has 2 N–H and O–H groups in total. The molecule has 34 heavy (non-hydrogen) atoms. The summed E-state index contributed by atoms with van der Waals surface area (Å²) in [7, 11) is 0. The Kier molecular flexibility index (Phi) is 5.75. The number of rotatable bonds is 4. The number of phenolic OH excluding ortho intramolecular Hbond substituents is 1. The summed E-state index contributed by atoms with van der Waals surface area (Å²) in [4.78, 5) is 6.48. The molecule has 1 saturated heterocycles. The Balaban J connectivity index is 1.70. The quantitative estimate of drug-likeness (QED) is 0.334. The predicted molar refractivity (Wildman–Crippen MR) is 136 cm³/mol. The summed E-state index contributed by atoms with van der Waals surface area (Å²) in [6, 6.07) is 18.6. The van der Waals surface area contributed by atoms with Gasteiger partial charge in [0.05, 0.1) is 23.5 Å². The van der Waals surface area contributed by atoms with E-state index in [1.54, 1.807) is 36.5 Å². The number of halogens is 2. The van der Waals surface area contributed by atoms with E-state index < -0.39 is 0 Å². The first-order valence-electron chi connectivity index (χ1n) is 10.8. The average molecular weight is 493 g/mol. The number of anilines is 1. The van der Waals surface area contributed by atoms with Crippen LogP contribution in [0.2, 0.25) is 5.02 Å². The Morgan fingerprint density at radius 1 is 1.06 bits per heavy atom. The van der Waals surface area contributed by atoms with Crippen LogP contribution in [0.5, 0.6) is 5.75 Å². The maximum Gasteiger partial charge on any atom is 0.174 e. The van der Waals surface area contributed by atoms with Gasteiger partial charge in [0.1, 0.15) is 11.6 Å². The van der Waals surface area contributed by atoms with Crippen molar-refractivity contribution in [3.63, 3.8) is 0 Å². The highest BCUT2D eigenvalue weighted by Crippen LogP contribution is 2.46. The van der Waals surface area contributed by atoms with Crippen LogP contribution in [-0.4, -0.2) is 19.8 Å². The molecule has 0 saturated carbocycles. The molecule has 172 valence electrons. The van der Waals surface area contributed by atoms with Gasteiger partial charge in [0, 0.05) is 28.3 Å². The van der Waals surface area contributed by atoms with E-state index in [1.807, 2.05) is 36.9 Å². The summed E-state index contributed by atoms with van der Waals surface area (Å²) in [6.45, 7) is 4.04. The Morgan fingerprint density at radius 2 is 1.82 bits per heavy atom. The van der Waals surface area contributed by atoms with Crippen LogP contribution in [0, 0.1) is 19.7 Å². The molecule has 4 aromatic rings. The normalized spacial score (nSPS) is 17.8. The van der Waals surface area contributed by atoms with Gasteiger partial charge < -0.3 is 19.9 Å². The Morgan fingerprint density at radius 3 is 2.53 bits per heavy atom. The third-order valence-electron chi connectivity index (χ3n) is 6.17. The molecule has 8 heteroatoms. The zero-order valence-electron chi connectivity index (χ0n) is 18.5. The minimum atomic E-state index is -0.313. The monoisotopic (exact) mass is 492 g/mol. The van der Waals surface area contributed by atoms with Crippen molar-refractivity contribution < 1.29 is 9.50 Å². The lowest BCUT2D eigenvalue weighted by atomic mass is 9.96. The standard InChI is InChI=1S/C26H22ClFN4OS/c1-15-13-20(16(2)31(15)19-9-7-18(28)8-10-19)25-24(21-5-3-4-12-29-21)30-26(34)32(25)22-14-17(27)6-11-23(22)33/h3-14,24-25,33H,1-2H3,(H,30,34)/t24-,25-/m0/s1. The van der Waals surface area contributed by atoms with E-state index in [-0.39, 0.29) is 23.7 Å². The number of phenols is 1. The molecule has 0 spiro atoms. The van der Waals surface area contributed by atoms with E-state index in [4.69, 9.17) is 23.8 Å². The minimum Gasteiger partial charge on any atom is -0.506 e. The molecule has 2 aromatic carbocycles. The van der Waals surface area contributed by atoms with Crippen molar-refractivity contribution in [1.29, 1.82) is 0 Å². The van der Waals surface area contributed by atoms with Crippen LogP contribution in [0.3, 0.4) is 0 Å². The van der Waals surface area contributed by atoms with Gasteiger partial charge in [0.25, 0.3) is 0 Å². The lowest BCUT2D eigenvalue weighted by Gasteiger charge is -2.28. The number of aryl methyl sites for hydroxylation is 1. The second kappa shape index (κ2) is 8.74. The van der Waals surface area contributed by atoms with Crippen molar-refractivity contribution in [1.82, 2.24) is 14.9 Å². The molecule has 2 aromatic heterocycles. The maximum atomic E-state index is 13.6. The van der Waals surface area contributed by atoms with Crippen LogP contribution in [0.1, 0.15) is 34.7 Å². The van der Waals surface area contributed by atoms with E-state index in [0.29, 0.717) is 15.8 Å². The van der Waals surface area contributed by atoms with Crippen molar-refractivity contribution in [3.8, 4) is 11.4 Å². The molecule has 1 aliphatic heterocycles. The Labute approximate surface area is 207 Å². The number of thiocarbonyl (C=S) groups is 1. The first-order chi connectivity index (χ1) is 16.3. The minimum absolute atomic E-state index is 0.0764. The summed E-state index contributed by atoms with van der Waals surface area (Å²) >= 11 is 12.0.